The summed E-state index contributed by atoms with van der Waals surface area (Å²) >= 11 is 1.36. The van der Waals surface area contributed by atoms with Crippen molar-refractivity contribution in [2.75, 3.05) is 18.5 Å². The summed E-state index contributed by atoms with van der Waals surface area (Å²) in [5.41, 5.74) is 6.76. The third-order valence-corrected chi connectivity index (χ3v) is 5.31. The fourth-order valence-corrected chi connectivity index (χ4v) is 4.21. The molecule has 142 valence electrons. The fourth-order valence-electron chi connectivity index (χ4n) is 2.90. The van der Waals surface area contributed by atoms with Crippen molar-refractivity contribution < 1.29 is 23.9 Å². The number of carbonyl (C=O) groups is 3. The summed E-state index contributed by atoms with van der Waals surface area (Å²) in [6.07, 6.45) is 2.68. The van der Waals surface area contributed by atoms with Gasteiger partial charge in [-0.25, -0.2) is 0 Å². The standard InChI is InChI=1S/C19H20N2O5S/c20-18(24)17-13-7-4-8-14(13)27-19(17)21-15(22)11-26-16(23)9-10-25-12-5-2-1-3-6-12/h1-3,5-6H,4,7-11H2,(H2,20,24)(H,21,22). The number of benzene rings is 1. The van der Waals surface area contributed by atoms with Crippen LogP contribution < -0.4 is 15.8 Å². The SMILES string of the molecule is NC(=O)c1c(NC(=O)COC(=O)CCOc2ccccc2)sc2c1CCC2. The van der Waals surface area contributed by atoms with E-state index < -0.39 is 24.4 Å². The third kappa shape index (κ3) is 4.85. The molecule has 1 heterocycles. The lowest BCUT2D eigenvalue weighted by Gasteiger charge is -2.08. The maximum atomic E-state index is 12.0. The van der Waals surface area contributed by atoms with Gasteiger partial charge < -0.3 is 20.5 Å². The van der Waals surface area contributed by atoms with Crippen molar-refractivity contribution in [3.8, 4) is 5.75 Å². The number of aryl methyl sites for hydroxylation is 1. The summed E-state index contributed by atoms with van der Waals surface area (Å²) in [6, 6.07) is 9.10. The summed E-state index contributed by atoms with van der Waals surface area (Å²) in [4.78, 5) is 36.6. The van der Waals surface area contributed by atoms with E-state index in [9.17, 15) is 14.4 Å². The van der Waals surface area contributed by atoms with E-state index in [-0.39, 0.29) is 13.0 Å². The molecule has 8 heteroatoms. The molecule has 1 aliphatic carbocycles. The quantitative estimate of drug-likeness (QED) is 0.675. The van der Waals surface area contributed by atoms with Crippen LogP contribution in [-0.4, -0.2) is 31.0 Å². The van der Waals surface area contributed by atoms with Crippen molar-refractivity contribution >= 4 is 34.1 Å². The molecule has 0 spiro atoms. The van der Waals surface area contributed by atoms with Crippen LogP contribution in [0.2, 0.25) is 0 Å². The molecule has 3 N–H and O–H groups in total. The summed E-state index contributed by atoms with van der Waals surface area (Å²) in [5, 5.41) is 3.06. The van der Waals surface area contributed by atoms with Crippen LogP contribution >= 0.6 is 11.3 Å². The van der Waals surface area contributed by atoms with Gasteiger partial charge in [-0.15, -0.1) is 11.3 Å². The predicted molar refractivity (Wildman–Crippen MR) is 101 cm³/mol. The van der Waals surface area contributed by atoms with Crippen molar-refractivity contribution in [3.63, 3.8) is 0 Å². The first-order valence-corrected chi connectivity index (χ1v) is 9.44. The molecule has 0 atom stereocenters. The summed E-state index contributed by atoms with van der Waals surface area (Å²) in [5.74, 6) is -0.938. The number of primary amides is 1. The highest BCUT2D eigenvalue weighted by Gasteiger charge is 2.26. The van der Waals surface area contributed by atoms with Gasteiger partial charge in [-0.05, 0) is 37.0 Å². The zero-order chi connectivity index (χ0) is 19.2. The lowest BCUT2D eigenvalue weighted by Crippen LogP contribution is -2.23. The topological polar surface area (TPSA) is 108 Å². The predicted octanol–water partition coefficient (Wildman–Crippen LogP) is 2.29. The zero-order valence-corrected chi connectivity index (χ0v) is 15.5. The Morgan fingerprint density at radius 3 is 2.67 bits per heavy atom. The van der Waals surface area contributed by atoms with Crippen LogP contribution in [0.4, 0.5) is 5.00 Å². The van der Waals surface area contributed by atoms with Gasteiger partial charge in [-0.1, -0.05) is 18.2 Å². The Labute approximate surface area is 160 Å². The molecular weight excluding hydrogens is 368 g/mol. The Hall–Kier alpha value is -2.87. The molecule has 27 heavy (non-hydrogen) atoms. The molecule has 7 nitrogen and oxygen atoms in total. The van der Waals surface area contributed by atoms with E-state index in [1.807, 2.05) is 18.2 Å². The maximum Gasteiger partial charge on any atom is 0.309 e. The summed E-state index contributed by atoms with van der Waals surface area (Å²) in [7, 11) is 0. The van der Waals surface area contributed by atoms with Gasteiger partial charge in [0.05, 0.1) is 18.6 Å². The number of carbonyl (C=O) groups excluding carboxylic acids is 3. The van der Waals surface area contributed by atoms with E-state index in [0.29, 0.717) is 16.3 Å². The molecule has 1 aliphatic rings. The van der Waals surface area contributed by atoms with Crippen LogP contribution in [0.25, 0.3) is 0 Å². The lowest BCUT2D eigenvalue weighted by molar-refractivity contribution is -0.147. The van der Waals surface area contributed by atoms with E-state index in [0.717, 1.165) is 29.7 Å². The molecule has 0 fully saturated rings. The highest BCUT2D eigenvalue weighted by Crippen LogP contribution is 2.38. The van der Waals surface area contributed by atoms with Gasteiger partial charge in [-0.3, -0.25) is 14.4 Å². The van der Waals surface area contributed by atoms with Crippen LogP contribution in [0, 0.1) is 0 Å². The second kappa shape index (κ2) is 8.68. The van der Waals surface area contributed by atoms with Gasteiger partial charge >= 0.3 is 5.97 Å². The van der Waals surface area contributed by atoms with Crippen molar-refractivity contribution in [2.45, 2.75) is 25.7 Å². The molecule has 0 radical (unpaired) electrons. The van der Waals surface area contributed by atoms with Crippen LogP contribution in [-0.2, 0) is 27.2 Å². The van der Waals surface area contributed by atoms with Crippen molar-refractivity contribution in [1.82, 2.24) is 0 Å². The number of ether oxygens (including phenoxy) is 2. The smallest absolute Gasteiger partial charge is 0.309 e. The van der Waals surface area contributed by atoms with Gasteiger partial charge in [0.15, 0.2) is 6.61 Å². The molecule has 0 saturated heterocycles. The van der Waals surface area contributed by atoms with E-state index >= 15 is 0 Å². The Morgan fingerprint density at radius 2 is 1.93 bits per heavy atom. The lowest BCUT2D eigenvalue weighted by atomic mass is 10.1. The minimum atomic E-state index is -0.556. The number of rotatable bonds is 8. The molecule has 0 aliphatic heterocycles. The summed E-state index contributed by atoms with van der Waals surface area (Å²) < 4.78 is 10.4. The Morgan fingerprint density at radius 1 is 1.15 bits per heavy atom. The Bertz CT molecular complexity index is 847. The number of hydrogen-bond acceptors (Lipinski definition) is 6. The van der Waals surface area contributed by atoms with E-state index in [1.165, 1.54) is 11.3 Å². The van der Waals surface area contributed by atoms with Gasteiger partial charge in [0.1, 0.15) is 10.8 Å². The van der Waals surface area contributed by atoms with E-state index in [1.54, 1.807) is 12.1 Å². The number of anilines is 1. The molecule has 0 saturated carbocycles. The molecule has 0 bridgehead atoms. The number of nitrogens with two attached hydrogens (primary N) is 1. The van der Waals surface area contributed by atoms with Gasteiger partial charge in [0.25, 0.3) is 11.8 Å². The van der Waals surface area contributed by atoms with Crippen LogP contribution in [0.1, 0.15) is 33.6 Å². The zero-order valence-electron chi connectivity index (χ0n) is 14.7. The first-order chi connectivity index (χ1) is 13.0. The fraction of sp³-hybridized carbons (Fsp3) is 0.316. The monoisotopic (exact) mass is 388 g/mol. The van der Waals surface area contributed by atoms with Gasteiger partial charge in [0.2, 0.25) is 0 Å². The van der Waals surface area contributed by atoms with E-state index in [4.69, 9.17) is 15.2 Å². The van der Waals surface area contributed by atoms with E-state index in [2.05, 4.69) is 5.32 Å². The average Bonchev–Trinajstić information content (AvgIpc) is 3.21. The third-order valence-electron chi connectivity index (χ3n) is 4.10. The number of amides is 2. The first kappa shape index (κ1) is 18.9. The number of esters is 1. The highest BCUT2D eigenvalue weighted by molar-refractivity contribution is 7.17. The molecule has 0 unspecified atom stereocenters. The van der Waals surface area contributed by atoms with Crippen molar-refractivity contribution in [2.24, 2.45) is 5.73 Å². The highest BCUT2D eigenvalue weighted by atomic mass is 32.1. The maximum absolute atomic E-state index is 12.0. The molecule has 3 rings (SSSR count). The molecule has 2 aromatic rings. The van der Waals surface area contributed by atoms with Crippen molar-refractivity contribution in [3.05, 3.63) is 46.3 Å². The van der Waals surface area contributed by atoms with Crippen LogP contribution in [0.15, 0.2) is 30.3 Å². The largest absolute Gasteiger partial charge is 0.493 e. The Balaban J connectivity index is 1.45. The molecule has 2 amide bonds. The minimum absolute atomic E-state index is 0.0298. The second-order valence-corrected chi connectivity index (χ2v) is 7.15. The van der Waals surface area contributed by atoms with Gasteiger partial charge in [-0.2, -0.15) is 0 Å². The summed E-state index contributed by atoms with van der Waals surface area (Å²) in [6.45, 7) is -0.265. The number of fused-ring (bicyclic) bond motifs is 1. The Kier molecular flexibility index (Phi) is 6.08. The molecule has 1 aromatic heterocycles. The number of para-hydroxylation sites is 1. The average molecular weight is 388 g/mol. The number of nitrogens with one attached hydrogen (secondary N) is 1. The molecule has 1 aromatic carbocycles. The normalized spacial score (nSPS) is 12.3. The number of hydrogen-bond donors (Lipinski definition) is 2. The minimum Gasteiger partial charge on any atom is -0.493 e. The van der Waals surface area contributed by atoms with Crippen molar-refractivity contribution in [1.29, 1.82) is 0 Å². The van der Waals surface area contributed by atoms with Gasteiger partial charge in [0, 0.05) is 4.88 Å². The van der Waals surface area contributed by atoms with Crippen LogP contribution in [0.3, 0.4) is 0 Å². The number of thiophene rings is 1. The first-order valence-electron chi connectivity index (χ1n) is 8.62. The molecular formula is C19H20N2O5S. The second-order valence-electron chi connectivity index (χ2n) is 6.05. The van der Waals surface area contributed by atoms with Crippen LogP contribution in [0.5, 0.6) is 5.75 Å².